The highest BCUT2D eigenvalue weighted by atomic mass is 79.9. The molecule has 5 heteroatoms. The van der Waals surface area contributed by atoms with Crippen molar-refractivity contribution in [3.05, 3.63) is 22.7 Å². The first-order chi connectivity index (χ1) is 8.58. The SMILES string of the molecule is CC(Sc1ccc(Br)cc1N)C(=O)N1CCCC1. The third-order valence-corrected chi connectivity index (χ3v) is 4.72. The fraction of sp³-hybridized carbons (Fsp3) is 0.462. The van der Waals surface area contributed by atoms with Crippen LogP contribution in [-0.2, 0) is 4.79 Å². The molecule has 18 heavy (non-hydrogen) atoms. The highest BCUT2D eigenvalue weighted by Gasteiger charge is 2.24. The molecular weight excluding hydrogens is 312 g/mol. The number of anilines is 1. The summed E-state index contributed by atoms with van der Waals surface area (Å²) in [4.78, 5) is 15.1. The van der Waals surface area contributed by atoms with Crippen molar-refractivity contribution in [1.29, 1.82) is 0 Å². The van der Waals surface area contributed by atoms with E-state index in [0.29, 0.717) is 0 Å². The van der Waals surface area contributed by atoms with E-state index < -0.39 is 0 Å². The first kappa shape index (κ1) is 13.7. The van der Waals surface area contributed by atoms with E-state index in [-0.39, 0.29) is 11.2 Å². The summed E-state index contributed by atoms with van der Waals surface area (Å²) in [6.07, 6.45) is 2.26. The minimum atomic E-state index is -0.0772. The van der Waals surface area contributed by atoms with Gasteiger partial charge in [0.2, 0.25) is 5.91 Å². The van der Waals surface area contributed by atoms with Gasteiger partial charge in [-0.3, -0.25) is 4.79 Å². The molecule has 1 amide bonds. The second-order valence-electron chi connectivity index (χ2n) is 4.47. The van der Waals surface area contributed by atoms with Gasteiger partial charge < -0.3 is 10.6 Å². The maximum Gasteiger partial charge on any atom is 0.235 e. The molecule has 2 rings (SSSR count). The van der Waals surface area contributed by atoms with Gasteiger partial charge in [0.1, 0.15) is 0 Å². The van der Waals surface area contributed by atoms with E-state index in [1.165, 1.54) is 11.8 Å². The summed E-state index contributed by atoms with van der Waals surface area (Å²) in [6.45, 7) is 3.76. The van der Waals surface area contributed by atoms with Crippen molar-refractivity contribution in [3.8, 4) is 0 Å². The molecule has 2 N–H and O–H groups in total. The van der Waals surface area contributed by atoms with Crippen LogP contribution in [0.4, 0.5) is 5.69 Å². The van der Waals surface area contributed by atoms with E-state index in [2.05, 4.69) is 15.9 Å². The van der Waals surface area contributed by atoms with Crippen LogP contribution >= 0.6 is 27.7 Å². The fourth-order valence-corrected chi connectivity index (χ4v) is 3.41. The lowest BCUT2D eigenvalue weighted by atomic mass is 10.3. The van der Waals surface area contributed by atoms with Crippen LogP contribution in [0.2, 0.25) is 0 Å². The Morgan fingerprint density at radius 1 is 1.44 bits per heavy atom. The monoisotopic (exact) mass is 328 g/mol. The van der Waals surface area contributed by atoms with Crippen LogP contribution in [0.25, 0.3) is 0 Å². The Balaban J connectivity index is 2.01. The second kappa shape index (κ2) is 5.97. The summed E-state index contributed by atoms with van der Waals surface area (Å²) < 4.78 is 0.961. The molecule has 98 valence electrons. The average Bonchev–Trinajstić information content (AvgIpc) is 2.85. The lowest BCUT2D eigenvalue weighted by molar-refractivity contribution is -0.129. The Bertz CT molecular complexity index is 447. The van der Waals surface area contributed by atoms with Gasteiger partial charge in [0.05, 0.1) is 5.25 Å². The van der Waals surface area contributed by atoms with Gasteiger partial charge in [-0.25, -0.2) is 0 Å². The summed E-state index contributed by atoms with van der Waals surface area (Å²) in [5.41, 5.74) is 6.67. The summed E-state index contributed by atoms with van der Waals surface area (Å²) in [5, 5.41) is -0.0772. The maximum atomic E-state index is 12.2. The van der Waals surface area contributed by atoms with Gasteiger partial charge in [-0.05, 0) is 38.0 Å². The zero-order valence-corrected chi connectivity index (χ0v) is 12.8. The number of nitrogens with two attached hydrogens (primary N) is 1. The van der Waals surface area contributed by atoms with Gasteiger partial charge in [0, 0.05) is 28.1 Å². The van der Waals surface area contributed by atoms with E-state index in [0.717, 1.165) is 41.0 Å². The molecule has 1 aliphatic rings. The predicted molar refractivity (Wildman–Crippen MR) is 79.7 cm³/mol. The molecular formula is C13H17BrN2OS. The smallest absolute Gasteiger partial charge is 0.235 e. The van der Waals surface area contributed by atoms with Crippen molar-refractivity contribution >= 4 is 39.3 Å². The number of hydrogen-bond donors (Lipinski definition) is 1. The average molecular weight is 329 g/mol. The quantitative estimate of drug-likeness (QED) is 0.684. The van der Waals surface area contributed by atoms with Crippen molar-refractivity contribution in [2.24, 2.45) is 0 Å². The van der Waals surface area contributed by atoms with Crippen molar-refractivity contribution < 1.29 is 4.79 Å². The summed E-state index contributed by atoms with van der Waals surface area (Å²) in [5.74, 6) is 0.222. The van der Waals surface area contributed by atoms with Gasteiger partial charge in [-0.2, -0.15) is 0 Å². The van der Waals surface area contributed by atoms with Crippen LogP contribution < -0.4 is 5.73 Å². The number of benzene rings is 1. The highest BCUT2D eigenvalue weighted by Crippen LogP contribution is 2.31. The fourth-order valence-electron chi connectivity index (χ4n) is 2.06. The van der Waals surface area contributed by atoms with Crippen molar-refractivity contribution in [3.63, 3.8) is 0 Å². The number of thioether (sulfide) groups is 1. The Kier molecular flexibility index (Phi) is 4.56. The van der Waals surface area contributed by atoms with Crippen LogP contribution in [0.3, 0.4) is 0 Å². The maximum absolute atomic E-state index is 12.2. The molecule has 1 aromatic carbocycles. The molecule has 0 radical (unpaired) electrons. The van der Waals surface area contributed by atoms with Gasteiger partial charge in [-0.1, -0.05) is 15.9 Å². The number of carbonyl (C=O) groups is 1. The highest BCUT2D eigenvalue weighted by molar-refractivity contribution is 9.10. The number of likely N-dealkylation sites (tertiary alicyclic amines) is 1. The minimum absolute atomic E-state index is 0.0772. The van der Waals surface area contributed by atoms with E-state index in [9.17, 15) is 4.79 Å². The summed E-state index contributed by atoms with van der Waals surface area (Å²) in [6, 6.07) is 5.78. The molecule has 1 unspecified atom stereocenters. The molecule has 0 aromatic heterocycles. The Morgan fingerprint density at radius 3 is 2.72 bits per heavy atom. The molecule has 1 aliphatic heterocycles. The molecule has 0 aliphatic carbocycles. The number of halogens is 1. The molecule has 1 aromatic rings. The van der Waals surface area contributed by atoms with Gasteiger partial charge in [0.25, 0.3) is 0 Å². The molecule has 1 fully saturated rings. The molecule has 0 bridgehead atoms. The van der Waals surface area contributed by atoms with Crippen LogP contribution in [0.15, 0.2) is 27.6 Å². The number of nitrogen functional groups attached to an aromatic ring is 1. The molecule has 1 atom stereocenters. The standard InChI is InChI=1S/C13H17BrN2OS/c1-9(13(17)16-6-2-3-7-16)18-12-5-4-10(14)8-11(12)15/h4-5,8-9H,2-3,6-7,15H2,1H3. The van der Waals surface area contributed by atoms with Crippen molar-refractivity contribution in [2.45, 2.75) is 29.9 Å². The Labute approximate surface area is 120 Å². The largest absolute Gasteiger partial charge is 0.398 e. The molecule has 1 saturated heterocycles. The third-order valence-electron chi connectivity index (χ3n) is 3.04. The van der Waals surface area contributed by atoms with Gasteiger partial charge in [-0.15, -0.1) is 11.8 Å². The molecule has 0 saturated carbocycles. The Morgan fingerprint density at radius 2 is 2.11 bits per heavy atom. The second-order valence-corrected chi connectivity index (χ2v) is 6.77. The van der Waals surface area contributed by atoms with Crippen molar-refractivity contribution in [1.82, 2.24) is 4.90 Å². The van der Waals surface area contributed by atoms with Gasteiger partial charge in [0.15, 0.2) is 0 Å². The van der Waals surface area contributed by atoms with E-state index in [1.807, 2.05) is 30.0 Å². The Hall–Kier alpha value is -0.680. The molecule has 3 nitrogen and oxygen atoms in total. The van der Waals surface area contributed by atoms with Crippen molar-refractivity contribution in [2.75, 3.05) is 18.8 Å². The molecule has 1 heterocycles. The molecule has 0 spiro atoms. The third kappa shape index (κ3) is 3.20. The predicted octanol–water partition coefficient (Wildman–Crippen LogP) is 3.13. The van der Waals surface area contributed by atoms with E-state index >= 15 is 0 Å². The number of rotatable bonds is 3. The summed E-state index contributed by atoms with van der Waals surface area (Å²) in [7, 11) is 0. The first-order valence-electron chi connectivity index (χ1n) is 6.08. The van der Waals surface area contributed by atoms with E-state index in [1.54, 1.807) is 0 Å². The number of hydrogen-bond acceptors (Lipinski definition) is 3. The lowest BCUT2D eigenvalue weighted by Crippen LogP contribution is -2.34. The van der Waals surface area contributed by atoms with Gasteiger partial charge >= 0.3 is 0 Å². The zero-order valence-electron chi connectivity index (χ0n) is 10.4. The lowest BCUT2D eigenvalue weighted by Gasteiger charge is -2.20. The number of carbonyl (C=O) groups excluding carboxylic acids is 1. The number of amides is 1. The summed E-state index contributed by atoms with van der Waals surface area (Å²) >= 11 is 4.92. The van der Waals surface area contributed by atoms with E-state index in [4.69, 9.17) is 5.73 Å². The minimum Gasteiger partial charge on any atom is -0.398 e. The van der Waals surface area contributed by atoms with Crippen LogP contribution in [-0.4, -0.2) is 29.1 Å². The number of nitrogens with zero attached hydrogens (tertiary/aromatic N) is 1. The van der Waals surface area contributed by atoms with Crippen LogP contribution in [0.1, 0.15) is 19.8 Å². The van der Waals surface area contributed by atoms with Crippen LogP contribution in [0.5, 0.6) is 0 Å². The first-order valence-corrected chi connectivity index (χ1v) is 7.75. The zero-order chi connectivity index (χ0) is 13.1. The normalized spacial score (nSPS) is 16.9. The van der Waals surface area contributed by atoms with Crippen LogP contribution in [0, 0.1) is 0 Å². The topological polar surface area (TPSA) is 46.3 Å².